The van der Waals surface area contributed by atoms with Crippen molar-refractivity contribution < 1.29 is 4.79 Å². The smallest absolute Gasteiger partial charge is 0.330 e. The van der Waals surface area contributed by atoms with Crippen molar-refractivity contribution in [2.45, 2.75) is 39.3 Å². The third-order valence-corrected chi connectivity index (χ3v) is 5.91. The number of likely N-dealkylation sites (tertiary alicyclic amines) is 1. The number of thiophene rings is 1. The van der Waals surface area contributed by atoms with Crippen molar-refractivity contribution in [2.75, 3.05) is 6.54 Å². The number of hydrogen-bond donors (Lipinski definition) is 1. The first-order valence-electron chi connectivity index (χ1n) is 8.35. The number of aromatic nitrogens is 5. The van der Waals surface area contributed by atoms with Gasteiger partial charge < -0.3 is 4.90 Å². The van der Waals surface area contributed by atoms with Gasteiger partial charge in [0.25, 0.3) is 5.56 Å². The lowest BCUT2D eigenvalue weighted by molar-refractivity contribution is -0.131. The summed E-state index contributed by atoms with van der Waals surface area (Å²) in [5, 5.41) is 9.25. The van der Waals surface area contributed by atoms with Crippen LogP contribution in [0.15, 0.2) is 22.0 Å². The number of nitrogens with one attached hydrogen (secondary N) is 1. The number of hydrogen-bond acceptors (Lipinski definition) is 6. The number of aryl methyl sites for hydroxylation is 1. The first-order valence-corrected chi connectivity index (χ1v) is 9.17. The molecule has 1 N–H and O–H groups in total. The molecule has 1 fully saturated rings. The number of carbonyl (C=O) groups is 1. The fourth-order valence-corrected chi connectivity index (χ4v) is 4.56. The number of H-pyrrole nitrogens is 1. The maximum Gasteiger partial charge on any atom is 0.330 e. The zero-order chi connectivity index (χ0) is 18.6. The molecule has 9 nitrogen and oxygen atoms in total. The van der Waals surface area contributed by atoms with Crippen LogP contribution in [0.1, 0.15) is 31.9 Å². The summed E-state index contributed by atoms with van der Waals surface area (Å²) in [5.74, 6) is -0.186. The van der Waals surface area contributed by atoms with Gasteiger partial charge in [0.05, 0.1) is 17.8 Å². The Bertz CT molecular complexity index is 1110. The second-order valence-corrected chi connectivity index (χ2v) is 7.59. The van der Waals surface area contributed by atoms with E-state index in [-0.39, 0.29) is 11.9 Å². The van der Waals surface area contributed by atoms with Gasteiger partial charge in [-0.1, -0.05) is 11.3 Å². The van der Waals surface area contributed by atoms with E-state index in [2.05, 4.69) is 15.2 Å². The van der Waals surface area contributed by atoms with Crippen molar-refractivity contribution in [2.24, 2.45) is 0 Å². The van der Waals surface area contributed by atoms with E-state index < -0.39 is 17.3 Å². The summed E-state index contributed by atoms with van der Waals surface area (Å²) in [7, 11) is 0. The molecule has 1 aliphatic rings. The molecule has 10 heteroatoms. The molecule has 0 aliphatic carbocycles. The largest absolute Gasteiger partial charge is 0.338 e. The van der Waals surface area contributed by atoms with Crippen LogP contribution in [-0.2, 0) is 4.79 Å². The number of aromatic amines is 1. The van der Waals surface area contributed by atoms with Crippen molar-refractivity contribution >= 4 is 27.5 Å². The Balaban J connectivity index is 1.90. The molecule has 0 spiro atoms. The third kappa shape index (κ3) is 2.32. The Labute approximate surface area is 151 Å². The molecule has 0 aromatic carbocycles. The Hall–Kier alpha value is -2.75. The molecule has 1 amide bonds. The number of rotatable bonds is 3. The van der Waals surface area contributed by atoms with Crippen molar-refractivity contribution in [1.82, 2.24) is 29.4 Å². The first kappa shape index (κ1) is 16.7. The van der Waals surface area contributed by atoms with Crippen LogP contribution < -0.4 is 11.2 Å². The highest BCUT2D eigenvalue weighted by Gasteiger charge is 2.36. The van der Waals surface area contributed by atoms with Gasteiger partial charge in [0.15, 0.2) is 0 Å². The molecule has 1 unspecified atom stereocenters. The van der Waals surface area contributed by atoms with E-state index >= 15 is 0 Å². The molecular weight excluding hydrogens is 356 g/mol. The summed E-state index contributed by atoms with van der Waals surface area (Å²) >= 11 is 1.24. The average molecular weight is 374 g/mol. The van der Waals surface area contributed by atoms with Crippen LogP contribution in [0.5, 0.6) is 0 Å². The van der Waals surface area contributed by atoms with Gasteiger partial charge in [0.2, 0.25) is 5.91 Å². The molecule has 0 radical (unpaired) electrons. The van der Waals surface area contributed by atoms with E-state index in [1.165, 1.54) is 16.1 Å². The highest BCUT2D eigenvalue weighted by Crippen LogP contribution is 2.29. The van der Waals surface area contributed by atoms with Crippen molar-refractivity contribution in [1.29, 1.82) is 0 Å². The minimum absolute atomic E-state index is 0.0337. The number of carbonyl (C=O) groups excluding carboxylic acids is 1. The lowest BCUT2D eigenvalue weighted by Crippen LogP contribution is -2.42. The molecule has 1 saturated heterocycles. The van der Waals surface area contributed by atoms with Crippen LogP contribution in [0.25, 0.3) is 15.2 Å². The van der Waals surface area contributed by atoms with Crippen molar-refractivity contribution in [3.8, 4) is 5.00 Å². The van der Waals surface area contributed by atoms with E-state index in [9.17, 15) is 14.4 Å². The predicted molar refractivity (Wildman–Crippen MR) is 96.9 cm³/mol. The Morgan fingerprint density at radius 3 is 2.54 bits per heavy atom. The topological polar surface area (TPSA) is 106 Å². The molecule has 1 aliphatic heterocycles. The van der Waals surface area contributed by atoms with Crippen molar-refractivity contribution in [3.05, 3.63) is 38.8 Å². The molecule has 4 rings (SSSR count). The van der Waals surface area contributed by atoms with Gasteiger partial charge in [-0.05, 0) is 27.2 Å². The van der Waals surface area contributed by atoms with Crippen LogP contribution in [0.3, 0.4) is 0 Å². The second kappa shape index (κ2) is 5.90. The zero-order valence-electron chi connectivity index (χ0n) is 14.6. The summed E-state index contributed by atoms with van der Waals surface area (Å²) in [6, 6.07) is -0.727. The quantitative estimate of drug-likeness (QED) is 0.731. The zero-order valence-corrected chi connectivity index (χ0v) is 15.4. The first-order chi connectivity index (χ1) is 12.4. The lowest BCUT2D eigenvalue weighted by Gasteiger charge is -2.21. The van der Waals surface area contributed by atoms with Crippen LogP contribution >= 0.6 is 11.3 Å². The monoisotopic (exact) mass is 374 g/mol. The van der Waals surface area contributed by atoms with Gasteiger partial charge in [0.1, 0.15) is 15.9 Å². The Morgan fingerprint density at radius 2 is 1.92 bits per heavy atom. The van der Waals surface area contributed by atoms with E-state index in [1.807, 2.05) is 13.8 Å². The van der Waals surface area contributed by atoms with Gasteiger partial charge in [-0.2, -0.15) is 10.2 Å². The van der Waals surface area contributed by atoms with Crippen molar-refractivity contribution in [3.63, 3.8) is 0 Å². The Kier molecular flexibility index (Phi) is 3.79. The van der Waals surface area contributed by atoms with Gasteiger partial charge in [-0.3, -0.25) is 14.6 Å². The normalized spacial score (nSPS) is 17.8. The molecule has 26 heavy (non-hydrogen) atoms. The predicted octanol–water partition coefficient (Wildman–Crippen LogP) is 0.822. The van der Waals surface area contributed by atoms with Gasteiger partial charge in [-0.15, -0.1) is 4.80 Å². The summed E-state index contributed by atoms with van der Waals surface area (Å²) in [5.41, 5.74) is -0.324. The number of nitrogens with zero attached hydrogens (tertiary/aromatic N) is 5. The average Bonchev–Trinajstić information content (AvgIpc) is 3.28. The summed E-state index contributed by atoms with van der Waals surface area (Å²) < 4.78 is 1.06. The highest BCUT2D eigenvalue weighted by atomic mass is 32.1. The van der Waals surface area contributed by atoms with Crippen LogP contribution in [-0.4, -0.2) is 47.9 Å². The molecule has 3 aromatic rings. The molecule has 0 bridgehead atoms. The third-order valence-electron chi connectivity index (χ3n) is 4.74. The fourth-order valence-electron chi connectivity index (χ4n) is 3.45. The maximum absolute atomic E-state index is 13.1. The maximum atomic E-state index is 13.1. The minimum atomic E-state index is -0.761. The lowest BCUT2D eigenvalue weighted by atomic mass is 10.2. The van der Waals surface area contributed by atoms with Gasteiger partial charge in [0, 0.05) is 18.2 Å². The fraction of sp³-hybridized carbons (Fsp3) is 0.438. The Morgan fingerprint density at radius 1 is 1.23 bits per heavy atom. The van der Waals surface area contributed by atoms with Crippen LogP contribution in [0, 0.1) is 6.92 Å². The summed E-state index contributed by atoms with van der Waals surface area (Å²) in [6.45, 7) is 6.17. The number of fused-ring (bicyclic) bond motifs is 1. The van der Waals surface area contributed by atoms with Gasteiger partial charge in [-0.25, -0.2) is 9.36 Å². The molecule has 136 valence electrons. The molecule has 4 heterocycles. The molecule has 3 aromatic heterocycles. The molecular formula is C16H18N6O3S. The SMILES string of the molecule is Cc1c(-n2nccn2)sc2[nH]c(=O)n(C3CCN(C(C)C)C3=O)c(=O)c12. The summed E-state index contributed by atoms with van der Waals surface area (Å²) in [4.78, 5) is 44.7. The van der Waals surface area contributed by atoms with E-state index in [0.29, 0.717) is 33.7 Å². The van der Waals surface area contributed by atoms with E-state index in [0.717, 1.165) is 4.57 Å². The van der Waals surface area contributed by atoms with E-state index in [1.54, 1.807) is 24.2 Å². The molecule has 1 atom stereocenters. The second-order valence-electron chi connectivity index (χ2n) is 6.59. The van der Waals surface area contributed by atoms with E-state index in [4.69, 9.17) is 0 Å². The van der Waals surface area contributed by atoms with Crippen LogP contribution in [0.4, 0.5) is 0 Å². The minimum Gasteiger partial charge on any atom is -0.338 e. The van der Waals surface area contributed by atoms with Crippen LogP contribution in [0.2, 0.25) is 0 Å². The standard InChI is InChI=1S/C16H18N6O3S/c1-8(2)20-7-4-10(13(20)23)21-14(24)11-9(3)15(22-17-5-6-18-22)26-12(11)19-16(21)25/h5-6,8,10H,4,7H2,1-3H3,(H,19,25). The molecule has 0 saturated carbocycles. The number of amides is 1. The highest BCUT2D eigenvalue weighted by molar-refractivity contribution is 7.21. The summed E-state index contributed by atoms with van der Waals surface area (Å²) in [6.07, 6.45) is 3.54. The van der Waals surface area contributed by atoms with Gasteiger partial charge >= 0.3 is 5.69 Å².